The van der Waals surface area contributed by atoms with Crippen LogP contribution in [-0.2, 0) is 0 Å². The molecule has 1 atom stereocenters. The van der Waals surface area contributed by atoms with Gasteiger partial charge >= 0.3 is 0 Å². The van der Waals surface area contributed by atoms with E-state index in [1.807, 2.05) is 62.2 Å². The number of aliphatic imine (C=N–C) groups is 1. The van der Waals surface area contributed by atoms with Crippen molar-refractivity contribution in [3.8, 4) is 23.0 Å². The highest BCUT2D eigenvalue weighted by Crippen LogP contribution is 2.34. The van der Waals surface area contributed by atoms with Crippen LogP contribution >= 0.6 is 0 Å². The first kappa shape index (κ1) is 27.7. The molecule has 0 bridgehead atoms. The Labute approximate surface area is 235 Å². The molecule has 0 aliphatic carbocycles. The SMILES string of the molecule is Cc1ccc(Oc2cc(OCCCCCCOc3cc4c(cc3C)C(=O)N3CCC[C@H]3C=N4)ccc2F)cc1C. The van der Waals surface area contributed by atoms with Crippen molar-refractivity contribution in [2.75, 3.05) is 19.8 Å². The van der Waals surface area contributed by atoms with Crippen LogP contribution in [0, 0.1) is 26.6 Å². The predicted molar refractivity (Wildman–Crippen MR) is 155 cm³/mol. The van der Waals surface area contributed by atoms with Crippen LogP contribution < -0.4 is 14.2 Å². The molecule has 1 amide bonds. The first-order valence-corrected chi connectivity index (χ1v) is 14.2. The van der Waals surface area contributed by atoms with Gasteiger partial charge < -0.3 is 19.1 Å². The Kier molecular flexibility index (Phi) is 8.68. The third kappa shape index (κ3) is 6.46. The Morgan fingerprint density at radius 3 is 2.42 bits per heavy atom. The van der Waals surface area contributed by atoms with Gasteiger partial charge in [0.1, 0.15) is 17.2 Å². The van der Waals surface area contributed by atoms with Gasteiger partial charge in [-0.15, -0.1) is 0 Å². The normalized spacial score (nSPS) is 15.9. The van der Waals surface area contributed by atoms with E-state index in [1.54, 1.807) is 12.1 Å². The maximum absolute atomic E-state index is 14.3. The molecule has 0 saturated carbocycles. The Bertz CT molecular complexity index is 1400. The number of rotatable bonds is 11. The van der Waals surface area contributed by atoms with Gasteiger partial charge in [0.2, 0.25) is 0 Å². The van der Waals surface area contributed by atoms with Crippen LogP contribution in [0.3, 0.4) is 0 Å². The van der Waals surface area contributed by atoms with Gasteiger partial charge in [0.25, 0.3) is 5.91 Å². The van der Waals surface area contributed by atoms with Crippen LogP contribution in [0.15, 0.2) is 53.5 Å². The molecule has 1 fully saturated rings. The lowest BCUT2D eigenvalue weighted by Crippen LogP contribution is -2.35. The largest absolute Gasteiger partial charge is 0.493 e. The Morgan fingerprint density at radius 2 is 1.62 bits per heavy atom. The number of amides is 1. The fourth-order valence-corrected chi connectivity index (χ4v) is 5.12. The first-order valence-electron chi connectivity index (χ1n) is 14.2. The quantitative estimate of drug-likeness (QED) is 0.230. The zero-order valence-electron chi connectivity index (χ0n) is 23.5. The Morgan fingerprint density at radius 1 is 0.850 bits per heavy atom. The van der Waals surface area contributed by atoms with E-state index in [-0.39, 0.29) is 17.7 Å². The number of ether oxygens (including phenoxy) is 3. The number of carbonyl (C=O) groups is 1. The molecule has 1 saturated heterocycles. The summed E-state index contributed by atoms with van der Waals surface area (Å²) in [5, 5.41) is 0. The van der Waals surface area contributed by atoms with Crippen molar-refractivity contribution in [3.05, 3.63) is 76.6 Å². The van der Waals surface area contributed by atoms with E-state index in [1.165, 1.54) is 6.07 Å². The average Bonchev–Trinajstić information content (AvgIpc) is 3.37. The van der Waals surface area contributed by atoms with Crippen molar-refractivity contribution < 1.29 is 23.4 Å². The van der Waals surface area contributed by atoms with Crippen LogP contribution in [0.25, 0.3) is 0 Å². The number of hydrogen-bond donors (Lipinski definition) is 0. The van der Waals surface area contributed by atoms with Gasteiger partial charge in [-0.1, -0.05) is 6.07 Å². The third-order valence-electron chi connectivity index (χ3n) is 7.64. The lowest BCUT2D eigenvalue weighted by Gasteiger charge is -2.20. The summed E-state index contributed by atoms with van der Waals surface area (Å²) >= 11 is 0. The van der Waals surface area contributed by atoms with E-state index in [2.05, 4.69) is 4.99 Å². The van der Waals surface area contributed by atoms with E-state index < -0.39 is 5.82 Å². The van der Waals surface area contributed by atoms with Crippen LogP contribution in [0.5, 0.6) is 23.0 Å². The molecular weight excluding hydrogens is 507 g/mol. The molecule has 7 heteroatoms. The second-order valence-electron chi connectivity index (χ2n) is 10.7. The van der Waals surface area contributed by atoms with Crippen molar-refractivity contribution in [2.24, 2.45) is 4.99 Å². The van der Waals surface area contributed by atoms with Gasteiger partial charge in [-0.25, -0.2) is 4.39 Å². The minimum atomic E-state index is -0.422. The van der Waals surface area contributed by atoms with Gasteiger partial charge in [-0.3, -0.25) is 9.79 Å². The number of fused-ring (bicyclic) bond motifs is 2. The molecule has 3 aromatic rings. The van der Waals surface area contributed by atoms with Gasteiger partial charge in [0.05, 0.1) is 30.5 Å². The Hall–Kier alpha value is -3.87. The van der Waals surface area contributed by atoms with Crippen molar-refractivity contribution in [1.82, 2.24) is 4.90 Å². The van der Waals surface area contributed by atoms with E-state index in [0.29, 0.717) is 36.0 Å². The summed E-state index contributed by atoms with van der Waals surface area (Å²) in [5.41, 5.74) is 4.56. The molecule has 2 aliphatic heterocycles. The molecule has 3 aromatic carbocycles. The number of benzene rings is 3. The molecule has 0 N–H and O–H groups in total. The van der Waals surface area contributed by atoms with Crippen molar-refractivity contribution in [3.63, 3.8) is 0 Å². The van der Waals surface area contributed by atoms with Crippen molar-refractivity contribution >= 4 is 17.8 Å². The van der Waals surface area contributed by atoms with Gasteiger partial charge in [-0.2, -0.15) is 0 Å². The van der Waals surface area contributed by atoms with Crippen LogP contribution in [0.1, 0.15) is 65.6 Å². The van der Waals surface area contributed by atoms with Crippen LogP contribution in [0.4, 0.5) is 10.1 Å². The number of hydrogen-bond acceptors (Lipinski definition) is 5. The molecule has 210 valence electrons. The zero-order valence-corrected chi connectivity index (χ0v) is 23.5. The smallest absolute Gasteiger partial charge is 0.256 e. The summed E-state index contributed by atoms with van der Waals surface area (Å²) in [6.45, 7) is 7.95. The van der Waals surface area contributed by atoms with E-state index in [9.17, 15) is 9.18 Å². The summed E-state index contributed by atoms with van der Waals surface area (Å²) in [5.74, 6) is 1.77. The lowest BCUT2D eigenvalue weighted by molar-refractivity contribution is 0.0774. The predicted octanol–water partition coefficient (Wildman–Crippen LogP) is 7.88. The molecule has 2 heterocycles. The van der Waals surface area contributed by atoms with Gasteiger partial charge in [0.15, 0.2) is 11.6 Å². The number of aryl methyl sites for hydroxylation is 3. The molecular formula is C33H37FN2O4. The fourth-order valence-electron chi connectivity index (χ4n) is 5.12. The monoisotopic (exact) mass is 544 g/mol. The summed E-state index contributed by atoms with van der Waals surface area (Å²) < 4.78 is 32.0. The topological polar surface area (TPSA) is 60.4 Å². The standard InChI is InChI=1S/C33H37FN2O4/c1-22-10-11-27(17-23(22)2)40-32-19-26(12-13-29(32)34)38-15-6-4-5-7-16-39-31-20-30-28(18-24(31)3)33(37)36-14-8-9-25(36)21-35-30/h10-13,17-21,25H,4-9,14-16H2,1-3H3/t25-/m0/s1. The summed E-state index contributed by atoms with van der Waals surface area (Å²) in [4.78, 5) is 19.5. The second-order valence-corrected chi connectivity index (χ2v) is 10.7. The molecule has 0 aromatic heterocycles. The maximum Gasteiger partial charge on any atom is 0.256 e. The molecule has 6 nitrogen and oxygen atoms in total. The first-order chi connectivity index (χ1) is 19.4. The highest BCUT2D eigenvalue weighted by molar-refractivity contribution is 6.03. The number of unbranched alkanes of at least 4 members (excludes halogenated alkanes) is 3. The summed E-state index contributed by atoms with van der Waals surface area (Å²) in [6.07, 6.45) is 7.71. The maximum atomic E-state index is 14.3. The van der Waals surface area contributed by atoms with Gasteiger partial charge in [-0.05, 0) is 106 Å². The van der Waals surface area contributed by atoms with E-state index in [4.69, 9.17) is 14.2 Å². The minimum Gasteiger partial charge on any atom is -0.493 e. The second kappa shape index (κ2) is 12.5. The fraction of sp³-hybridized carbons (Fsp3) is 0.394. The summed E-state index contributed by atoms with van der Waals surface area (Å²) in [6, 6.07) is 14.2. The molecule has 0 unspecified atom stereocenters. The minimum absolute atomic E-state index is 0.0672. The van der Waals surface area contributed by atoms with Crippen molar-refractivity contribution in [2.45, 2.75) is 65.3 Å². The highest BCUT2D eigenvalue weighted by atomic mass is 19.1. The Balaban J connectivity index is 1.03. The lowest BCUT2D eigenvalue weighted by atomic mass is 10.1. The van der Waals surface area contributed by atoms with E-state index >= 15 is 0 Å². The van der Waals surface area contributed by atoms with Crippen LogP contribution in [0.2, 0.25) is 0 Å². The molecule has 0 spiro atoms. The summed E-state index contributed by atoms with van der Waals surface area (Å²) in [7, 11) is 0. The molecule has 2 aliphatic rings. The zero-order chi connectivity index (χ0) is 28.1. The third-order valence-corrected chi connectivity index (χ3v) is 7.64. The van der Waals surface area contributed by atoms with Crippen LogP contribution in [-0.4, -0.2) is 42.8 Å². The number of nitrogens with zero attached hydrogens (tertiary/aromatic N) is 2. The van der Waals surface area contributed by atoms with E-state index in [0.717, 1.165) is 67.5 Å². The molecule has 0 radical (unpaired) electrons. The highest BCUT2D eigenvalue weighted by Gasteiger charge is 2.32. The average molecular weight is 545 g/mol. The van der Waals surface area contributed by atoms with Crippen molar-refractivity contribution in [1.29, 1.82) is 0 Å². The molecule has 5 rings (SSSR count). The number of halogens is 1. The molecule has 40 heavy (non-hydrogen) atoms. The van der Waals surface area contributed by atoms with Gasteiger partial charge in [0, 0.05) is 24.9 Å². The number of carbonyl (C=O) groups excluding carboxylic acids is 1.